The maximum absolute atomic E-state index is 11.6. The van der Waals surface area contributed by atoms with E-state index < -0.39 is 0 Å². The van der Waals surface area contributed by atoms with Crippen molar-refractivity contribution in [3.05, 3.63) is 24.2 Å². The fourth-order valence-corrected chi connectivity index (χ4v) is 1.47. The van der Waals surface area contributed by atoms with Gasteiger partial charge in [-0.3, -0.25) is 0 Å². The maximum atomic E-state index is 11.6. The van der Waals surface area contributed by atoms with Crippen molar-refractivity contribution in [1.82, 2.24) is 10.6 Å². The van der Waals surface area contributed by atoms with Gasteiger partial charge in [-0.05, 0) is 31.9 Å². The van der Waals surface area contributed by atoms with Crippen LogP contribution in [0.2, 0.25) is 0 Å². The first-order valence-corrected chi connectivity index (χ1v) is 5.79. The van der Waals surface area contributed by atoms with Gasteiger partial charge in [0.05, 0.1) is 12.8 Å². The minimum Gasteiger partial charge on any atom is -0.467 e. The van der Waals surface area contributed by atoms with Crippen LogP contribution in [0.3, 0.4) is 0 Å². The summed E-state index contributed by atoms with van der Waals surface area (Å²) in [7, 11) is 0. The molecule has 5 heteroatoms. The van der Waals surface area contributed by atoms with E-state index in [4.69, 9.17) is 9.52 Å². The van der Waals surface area contributed by atoms with Gasteiger partial charge < -0.3 is 20.2 Å². The summed E-state index contributed by atoms with van der Waals surface area (Å²) in [6.07, 6.45) is 2.87. The Morgan fingerprint density at radius 2 is 2.35 bits per heavy atom. The van der Waals surface area contributed by atoms with E-state index in [1.165, 1.54) is 0 Å². The second-order valence-electron chi connectivity index (χ2n) is 4.27. The van der Waals surface area contributed by atoms with Crippen LogP contribution in [0.15, 0.2) is 22.8 Å². The highest BCUT2D eigenvalue weighted by molar-refractivity contribution is 5.74. The minimum absolute atomic E-state index is 0.0583. The van der Waals surface area contributed by atoms with Crippen molar-refractivity contribution in [1.29, 1.82) is 0 Å². The van der Waals surface area contributed by atoms with E-state index in [2.05, 4.69) is 10.6 Å². The van der Waals surface area contributed by atoms with Gasteiger partial charge in [0.2, 0.25) is 0 Å². The van der Waals surface area contributed by atoms with Gasteiger partial charge in [-0.2, -0.15) is 0 Å². The van der Waals surface area contributed by atoms with Gasteiger partial charge in [-0.25, -0.2) is 4.79 Å². The average molecular weight is 240 g/mol. The van der Waals surface area contributed by atoms with Crippen molar-refractivity contribution >= 4 is 6.03 Å². The van der Waals surface area contributed by atoms with E-state index in [1.807, 2.05) is 13.8 Å². The van der Waals surface area contributed by atoms with Crippen molar-refractivity contribution < 1.29 is 14.3 Å². The number of hydrogen-bond donors (Lipinski definition) is 3. The number of carbonyl (C=O) groups is 1. The highest BCUT2D eigenvalue weighted by Gasteiger charge is 2.23. The van der Waals surface area contributed by atoms with Crippen LogP contribution in [0.4, 0.5) is 4.79 Å². The van der Waals surface area contributed by atoms with Crippen LogP contribution in [-0.2, 0) is 6.54 Å². The van der Waals surface area contributed by atoms with Crippen molar-refractivity contribution in [3.8, 4) is 0 Å². The van der Waals surface area contributed by atoms with Gasteiger partial charge in [-0.15, -0.1) is 0 Å². The molecule has 17 heavy (non-hydrogen) atoms. The largest absolute Gasteiger partial charge is 0.467 e. The Morgan fingerprint density at radius 1 is 1.59 bits per heavy atom. The molecule has 1 atom stereocenters. The van der Waals surface area contributed by atoms with Crippen LogP contribution < -0.4 is 10.6 Å². The number of amides is 2. The Morgan fingerprint density at radius 3 is 2.88 bits per heavy atom. The lowest BCUT2D eigenvalue weighted by Crippen LogP contribution is -2.50. The summed E-state index contributed by atoms with van der Waals surface area (Å²) in [4.78, 5) is 11.6. The molecule has 0 aliphatic carbocycles. The smallest absolute Gasteiger partial charge is 0.315 e. The predicted octanol–water partition coefficient (Wildman–Crippen LogP) is 1.63. The van der Waals surface area contributed by atoms with Crippen LogP contribution in [-0.4, -0.2) is 23.3 Å². The van der Waals surface area contributed by atoms with Gasteiger partial charge in [0.1, 0.15) is 5.76 Å². The number of carbonyl (C=O) groups excluding carboxylic acids is 1. The van der Waals surface area contributed by atoms with E-state index in [9.17, 15) is 4.79 Å². The summed E-state index contributed by atoms with van der Waals surface area (Å²) in [5.41, 5.74) is -0.373. The molecule has 2 amide bonds. The van der Waals surface area contributed by atoms with Crippen LogP contribution in [0, 0.1) is 0 Å². The van der Waals surface area contributed by atoms with Crippen molar-refractivity contribution in [2.45, 2.75) is 38.8 Å². The Balaban J connectivity index is 2.37. The van der Waals surface area contributed by atoms with E-state index in [0.717, 1.165) is 6.42 Å². The molecule has 0 aliphatic heterocycles. The summed E-state index contributed by atoms with van der Waals surface area (Å²) in [5.74, 6) is 0.709. The summed E-state index contributed by atoms with van der Waals surface area (Å²) in [5, 5.41) is 14.5. The summed E-state index contributed by atoms with van der Waals surface area (Å²) in [6, 6.07) is 3.32. The van der Waals surface area contributed by atoms with Crippen molar-refractivity contribution in [2.24, 2.45) is 0 Å². The number of nitrogens with one attached hydrogen (secondary N) is 2. The zero-order chi connectivity index (χ0) is 12.7. The monoisotopic (exact) mass is 240 g/mol. The second-order valence-corrected chi connectivity index (χ2v) is 4.27. The Labute approximate surface area is 101 Å². The van der Waals surface area contributed by atoms with E-state index in [0.29, 0.717) is 18.7 Å². The molecule has 0 radical (unpaired) electrons. The molecule has 0 fully saturated rings. The molecule has 0 saturated heterocycles. The third-order valence-electron chi connectivity index (χ3n) is 2.86. The minimum atomic E-state index is -0.373. The normalized spacial score (nSPS) is 14.1. The number of urea groups is 1. The number of furan rings is 1. The lowest BCUT2D eigenvalue weighted by atomic mass is 9.95. The zero-order valence-electron chi connectivity index (χ0n) is 10.3. The molecule has 0 aromatic carbocycles. The Hall–Kier alpha value is -1.49. The van der Waals surface area contributed by atoms with E-state index in [1.54, 1.807) is 18.4 Å². The van der Waals surface area contributed by atoms with Gasteiger partial charge >= 0.3 is 6.03 Å². The van der Waals surface area contributed by atoms with Crippen molar-refractivity contribution in [2.75, 3.05) is 6.61 Å². The van der Waals surface area contributed by atoms with Crippen LogP contribution in [0.25, 0.3) is 0 Å². The predicted molar refractivity (Wildman–Crippen MR) is 64.5 cm³/mol. The highest BCUT2D eigenvalue weighted by atomic mass is 16.3. The third-order valence-corrected chi connectivity index (χ3v) is 2.86. The fourth-order valence-electron chi connectivity index (χ4n) is 1.47. The molecule has 0 spiro atoms. The first kappa shape index (κ1) is 13.6. The summed E-state index contributed by atoms with van der Waals surface area (Å²) in [6.45, 7) is 4.30. The molecule has 0 saturated carbocycles. The highest BCUT2D eigenvalue weighted by Crippen LogP contribution is 2.13. The quantitative estimate of drug-likeness (QED) is 0.707. The zero-order valence-corrected chi connectivity index (χ0v) is 10.3. The summed E-state index contributed by atoms with van der Waals surface area (Å²) < 4.78 is 5.11. The van der Waals surface area contributed by atoms with Gasteiger partial charge in [0, 0.05) is 12.1 Å². The average Bonchev–Trinajstić information content (AvgIpc) is 2.79. The SMILES string of the molecule is CC[C@](C)(CCO)NC(=O)NCc1ccco1. The number of aliphatic hydroxyl groups is 1. The molecule has 1 aromatic heterocycles. The Bertz CT molecular complexity index is 338. The third kappa shape index (κ3) is 4.48. The maximum Gasteiger partial charge on any atom is 0.315 e. The van der Waals surface area contributed by atoms with Crippen LogP contribution in [0.1, 0.15) is 32.4 Å². The molecular formula is C12H20N2O3. The molecule has 0 unspecified atom stereocenters. The van der Waals surface area contributed by atoms with Crippen LogP contribution >= 0.6 is 0 Å². The standard InChI is InChI=1S/C12H20N2O3/c1-3-12(2,6-7-15)14-11(16)13-9-10-5-4-8-17-10/h4-5,8,15H,3,6-7,9H2,1-2H3,(H2,13,14,16)/t12-/m1/s1. The van der Waals surface area contributed by atoms with Gasteiger partial charge in [-0.1, -0.05) is 6.92 Å². The fraction of sp³-hybridized carbons (Fsp3) is 0.583. The van der Waals surface area contributed by atoms with E-state index >= 15 is 0 Å². The molecular weight excluding hydrogens is 220 g/mol. The molecule has 0 bridgehead atoms. The number of aliphatic hydroxyl groups excluding tert-OH is 1. The molecule has 3 N–H and O–H groups in total. The Kier molecular flexibility index (Phi) is 5.03. The number of hydrogen-bond acceptors (Lipinski definition) is 3. The lowest BCUT2D eigenvalue weighted by Gasteiger charge is -2.28. The molecule has 1 heterocycles. The molecule has 0 aliphatic rings. The number of rotatable bonds is 6. The lowest BCUT2D eigenvalue weighted by molar-refractivity contribution is 0.200. The molecule has 1 aromatic rings. The molecule has 5 nitrogen and oxygen atoms in total. The summed E-state index contributed by atoms with van der Waals surface area (Å²) >= 11 is 0. The molecule has 1 rings (SSSR count). The van der Waals surface area contributed by atoms with Crippen molar-refractivity contribution in [3.63, 3.8) is 0 Å². The van der Waals surface area contributed by atoms with Gasteiger partial charge in [0.15, 0.2) is 0 Å². The first-order chi connectivity index (χ1) is 8.09. The second kappa shape index (κ2) is 6.30. The first-order valence-electron chi connectivity index (χ1n) is 5.79. The van der Waals surface area contributed by atoms with Crippen LogP contribution in [0.5, 0.6) is 0 Å². The molecule has 96 valence electrons. The van der Waals surface area contributed by atoms with E-state index in [-0.39, 0.29) is 18.2 Å². The topological polar surface area (TPSA) is 74.5 Å². The van der Waals surface area contributed by atoms with Gasteiger partial charge in [0.25, 0.3) is 0 Å².